The second-order valence-electron chi connectivity index (χ2n) is 5.85. The van der Waals surface area contributed by atoms with Gasteiger partial charge in [0.05, 0.1) is 18.1 Å². The first-order chi connectivity index (χ1) is 10.8. The quantitative estimate of drug-likeness (QED) is 0.811. The molecule has 0 radical (unpaired) electrons. The van der Waals surface area contributed by atoms with Crippen LogP contribution in [0.1, 0.15) is 24.9 Å². The Bertz CT molecular complexity index is 679. The van der Waals surface area contributed by atoms with E-state index in [0.29, 0.717) is 18.5 Å². The van der Waals surface area contributed by atoms with Crippen LogP contribution in [-0.4, -0.2) is 38.9 Å². The molecule has 1 aromatic rings. The molecule has 1 fully saturated rings. The van der Waals surface area contributed by atoms with Crippen molar-refractivity contribution in [2.45, 2.75) is 19.4 Å². The molecule has 2 N–H and O–H groups in total. The summed E-state index contributed by atoms with van der Waals surface area (Å²) >= 11 is 0. The number of benzene rings is 1. The highest BCUT2D eigenvalue weighted by atomic mass is 32.2. The summed E-state index contributed by atoms with van der Waals surface area (Å²) in [6, 6.07) is 3.28. The Balaban J connectivity index is 1.74. The fourth-order valence-electron chi connectivity index (χ4n) is 2.50. The lowest BCUT2D eigenvalue weighted by atomic mass is 10.1. The van der Waals surface area contributed by atoms with E-state index >= 15 is 0 Å². The Morgan fingerprint density at radius 2 is 2.09 bits per heavy atom. The van der Waals surface area contributed by atoms with Gasteiger partial charge in [0.2, 0.25) is 5.91 Å². The van der Waals surface area contributed by atoms with Crippen molar-refractivity contribution in [3.63, 3.8) is 0 Å². The largest absolute Gasteiger partial charge is 0.355 e. The molecule has 8 heteroatoms. The Morgan fingerprint density at radius 3 is 2.70 bits per heavy atom. The van der Waals surface area contributed by atoms with Gasteiger partial charge in [0, 0.05) is 12.6 Å². The molecule has 0 spiro atoms. The summed E-state index contributed by atoms with van der Waals surface area (Å²) in [5.41, 5.74) is 0.540. The maximum atomic E-state index is 13.2. The number of nitrogens with one attached hydrogen (secondary N) is 2. The first-order valence-corrected chi connectivity index (χ1v) is 9.24. The number of halogens is 2. The molecule has 0 bridgehead atoms. The third-order valence-corrected chi connectivity index (χ3v) is 5.76. The molecule has 0 aliphatic carbocycles. The lowest BCUT2D eigenvalue weighted by Crippen LogP contribution is -2.37. The predicted octanol–water partition coefficient (Wildman–Crippen LogP) is 1.17. The molecule has 1 aromatic carbocycles. The summed E-state index contributed by atoms with van der Waals surface area (Å²) in [6.07, 6.45) is 0.571. The second kappa shape index (κ2) is 7.35. The van der Waals surface area contributed by atoms with Gasteiger partial charge in [-0.1, -0.05) is 6.07 Å². The van der Waals surface area contributed by atoms with E-state index in [1.54, 1.807) is 6.92 Å². The minimum atomic E-state index is -2.95. The number of hydrogen-bond acceptors (Lipinski definition) is 4. The average molecular weight is 346 g/mol. The summed E-state index contributed by atoms with van der Waals surface area (Å²) < 4.78 is 48.7. The van der Waals surface area contributed by atoms with Gasteiger partial charge in [0.1, 0.15) is 0 Å². The van der Waals surface area contributed by atoms with E-state index in [1.165, 1.54) is 6.07 Å². The van der Waals surface area contributed by atoms with Gasteiger partial charge >= 0.3 is 0 Å². The minimum absolute atomic E-state index is 0.0135. The summed E-state index contributed by atoms with van der Waals surface area (Å²) in [4.78, 5) is 11.8. The molecule has 1 amide bonds. The van der Waals surface area contributed by atoms with Gasteiger partial charge in [-0.25, -0.2) is 17.2 Å². The van der Waals surface area contributed by atoms with Crippen molar-refractivity contribution in [3.8, 4) is 0 Å². The fourth-order valence-corrected chi connectivity index (χ4v) is 4.36. The van der Waals surface area contributed by atoms with Crippen molar-refractivity contribution in [1.82, 2.24) is 10.6 Å². The Labute approximate surface area is 134 Å². The van der Waals surface area contributed by atoms with Gasteiger partial charge < -0.3 is 10.6 Å². The van der Waals surface area contributed by atoms with Crippen molar-refractivity contribution < 1.29 is 22.0 Å². The molecule has 2 atom stereocenters. The molecule has 0 aromatic heterocycles. The smallest absolute Gasteiger partial charge is 0.233 e. The SMILES string of the molecule is C[C@@H](NCC(=O)NC[C@@H]1CCS(=O)(=O)C1)c1ccc(F)c(F)c1. The molecule has 1 aliphatic heterocycles. The van der Waals surface area contributed by atoms with Crippen molar-refractivity contribution in [2.75, 3.05) is 24.6 Å². The van der Waals surface area contributed by atoms with Crippen LogP contribution in [-0.2, 0) is 14.6 Å². The van der Waals surface area contributed by atoms with Gasteiger partial charge in [-0.15, -0.1) is 0 Å². The van der Waals surface area contributed by atoms with E-state index in [0.717, 1.165) is 12.1 Å². The monoisotopic (exact) mass is 346 g/mol. The van der Waals surface area contributed by atoms with Crippen LogP contribution in [0.3, 0.4) is 0 Å². The molecular formula is C15H20F2N2O3S. The minimum Gasteiger partial charge on any atom is -0.355 e. The van der Waals surface area contributed by atoms with Crippen molar-refractivity contribution in [3.05, 3.63) is 35.4 Å². The van der Waals surface area contributed by atoms with Crippen molar-refractivity contribution in [2.24, 2.45) is 5.92 Å². The van der Waals surface area contributed by atoms with Gasteiger partial charge in [-0.2, -0.15) is 0 Å². The third-order valence-electron chi connectivity index (χ3n) is 3.93. The zero-order valence-corrected chi connectivity index (χ0v) is 13.6. The van der Waals surface area contributed by atoms with E-state index in [4.69, 9.17) is 0 Å². The number of sulfone groups is 1. The molecular weight excluding hydrogens is 326 g/mol. The van der Waals surface area contributed by atoms with Crippen molar-refractivity contribution in [1.29, 1.82) is 0 Å². The zero-order chi connectivity index (χ0) is 17.0. The lowest BCUT2D eigenvalue weighted by molar-refractivity contribution is -0.120. The number of carbonyl (C=O) groups excluding carboxylic acids is 1. The Hall–Kier alpha value is -1.54. The Kier molecular flexibility index (Phi) is 5.69. The van der Waals surface area contributed by atoms with E-state index in [-0.39, 0.29) is 35.9 Å². The van der Waals surface area contributed by atoms with Gasteiger partial charge in [-0.3, -0.25) is 4.79 Å². The molecule has 0 unspecified atom stereocenters. The third kappa shape index (κ3) is 5.24. The van der Waals surface area contributed by atoms with E-state index in [9.17, 15) is 22.0 Å². The van der Waals surface area contributed by atoms with Crippen LogP contribution in [0.5, 0.6) is 0 Å². The Morgan fingerprint density at radius 1 is 1.35 bits per heavy atom. The maximum Gasteiger partial charge on any atom is 0.233 e. The summed E-state index contributed by atoms with van der Waals surface area (Å²) in [5, 5.41) is 5.61. The molecule has 1 heterocycles. The highest BCUT2D eigenvalue weighted by Crippen LogP contribution is 2.17. The molecule has 23 heavy (non-hydrogen) atoms. The molecule has 1 saturated heterocycles. The molecule has 1 aliphatic rings. The highest BCUT2D eigenvalue weighted by molar-refractivity contribution is 7.91. The topological polar surface area (TPSA) is 75.3 Å². The first-order valence-electron chi connectivity index (χ1n) is 7.42. The van der Waals surface area contributed by atoms with Gasteiger partial charge in [0.15, 0.2) is 21.5 Å². The summed E-state index contributed by atoms with van der Waals surface area (Å²) in [5.74, 6) is -1.84. The van der Waals surface area contributed by atoms with E-state index < -0.39 is 21.5 Å². The maximum absolute atomic E-state index is 13.2. The van der Waals surface area contributed by atoms with Crippen LogP contribution in [0.2, 0.25) is 0 Å². The highest BCUT2D eigenvalue weighted by Gasteiger charge is 2.27. The normalized spacial score (nSPS) is 21.1. The number of hydrogen-bond donors (Lipinski definition) is 2. The van der Waals surface area contributed by atoms with Crippen molar-refractivity contribution >= 4 is 15.7 Å². The van der Waals surface area contributed by atoms with Gasteiger partial charge in [0.25, 0.3) is 0 Å². The second-order valence-corrected chi connectivity index (χ2v) is 8.08. The van der Waals surface area contributed by atoms with E-state index in [2.05, 4.69) is 10.6 Å². The van der Waals surface area contributed by atoms with Crippen LogP contribution in [0.15, 0.2) is 18.2 Å². The van der Waals surface area contributed by atoms with Gasteiger partial charge in [-0.05, 0) is 37.0 Å². The summed E-state index contributed by atoms with van der Waals surface area (Å²) in [7, 11) is -2.95. The molecule has 5 nitrogen and oxygen atoms in total. The molecule has 0 saturated carbocycles. The number of rotatable bonds is 6. The predicted molar refractivity (Wildman–Crippen MR) is 82.5 cm³/mol. The number of amides is 1. The van der Waals surface area contributed by atoms with E-state index in [1.807, 2.05) is 0 Å². The summed E-state index contributed by atoms with van der Waals surface area (Å²) in [6.45, 7) is 2.09. The van der Waals surface area contributed by atoms with Crippen LogP contribution in [0, 0.1) is 17.6 Å². The standard InChI is InChI=1S/C15H20F2N2O3S/c1-10(12-2-3-13(16)14(17)6-12)18-8-15(20)19-7-11-4-5-23(21,22)9-11/h2-3,6,10-11,18H,4-5,7-9H2,1H3,(H,19,20)/t10-,11+/m1/s1. The average Bonchev–Trinajstić information content (AvgIpc) is 2.84. The number of carbonyl (C=O) groups is 1. The molecule has 2 rings (SSSR count). The fraction of sp³-hybridized carbons (Fsp3) is 0.533. The first kappa shape index (κ1) is 17.8. The van der Waals surface area contributed by atoms with Crippen LogP contribution < -0.4 is 10.6 Å². The van der Waals surface area contributed by atoms with Crippen LogP contribution >= 0.6 is 0 Å². The lowest BCUT2D eigenvalue weighted by Gasteiger charge is -2.15. The van der Waals surface area contributed by atoms with Crippen LogP contribution in [0.25, 0.3) is 0 Å². The zero-order valence-electron chi connectivity index (χ0n) is 12.8. The molecule has 128 valence electrons. The van der Waals surface area contributed by atoms with Crippen LogP contribution in [0.4, 0.5) is 8.78 Å².